The molecule has 0 aliphatic heterocycles. The molecule has 0 aliphatic rings. The van der Waals surface area contributed by atoms with Crippen molar-refractivity contribution in [2.45, 2.75) is 65.7 Å². The second-order valence-electron chi connectivity index (χ2n) is 8.16. The normalized spacial score (nSPS) is 11.4. The Morgan fingerprint density at radius 2 is 1.47 bits per heavy atom. The van der Waals surface area contributed by atoms with E-state index in [1.54, 1.807) is 0 Å². The average Bonchev–Trinajstić information content (AvgIpc) is 3.39. The fourth-order valence-electron chi connectivity index (χ4n) is 3.80. The number of benzene rings is 2. The Balaban J connectivity index is 1.46. The Labute approximate surface area is 180 Å². The van der Waals surface area contributed by atoms with Gasteiger partial charge in [-0.15, -0.1) is 0 Å². The van der Waals surface area contributed by atoms with Crippen LogP contribution in [0.15, 0.2) is 61.2 Å². The lowest BCUT2D eigenvalue weighted by atomic mass is 10.0. The molecule has 0 unspecified atom stereocenters. The van der Waals surface area contributed by atoms with Crippen LogP contribution in [0.2, 0.25) is 0 Å². The largest absolute Gasteiger partial charge is 0.351 e. The Hall–Kier alpha value is -2.88. The summed E-state index contributed by atoms with van der Waals surface area (Å²) < 4.78 is 8.60. The zero-order valence-electron chi connectivity index (χ0n) is 18.2. The first-order chi connectivity index (χ1) is 14.7. The number of fused-ring (bicyclic) bond motifs is 1. The molecule has 156 valence electrons. The summed E-state index contributed by atoms with van der Waals surface area (Å²) in [5.41, 5.74) is 2.61. The quantitative estimate of drug-likeness (QED) is 0.279. The molecule has 2 aromatic heterocycles. The zero-order valence-corrected chi connectivity index (χ0v) is 18.2. The highest BCUT2D eigenvalue weighted by Crippen LogP contribution is 2.19. The highest BCUT2D eigenvalue weighted by molar-refractivity contribution is 5.83. The van der Waals surface area contributed by atoms with Crippen molar-refractivity contribution >= 4 is 10.8 Å². The minimum absolute atomic E-state index is 0.849. The van der Waals surface area contributed by atoms with Crippen molar-refractivity contribution in [2.24, 2.45) is 0 Å². The Bertz CT molecular complexity index is 1010. The number of unbranched alkanes of at least 4 members (excludes halogenated alkanes) is 2. The van der Waals surface area contributed by atoms with Crippen LogP contribution in [0.25, 0.3) is 10.8 Å². The molecular formula is C26H32N4. The second kappa shape index (κ2) is 9.75. The van der Waals surface area contributed by atoms with E-state index in [0.29, 0.717) is 0 Å². The number of hydrogen-bond acceptors (Lipinski definition) is 0. The molecule has 2 aromatic carbocycles. The van der Waals surface area contributed by atoms with Crippen LogP contribution in [0, 0.1) is 12.7 Å². The molecule has 0 radical (unpaired) electrons. The van der Waals surface area contributed by atoms with E-state index in [1.807, 2.05) is 0 Å². The van der Waals surface area contributed by atoms with Gasteiger partial charge in [-0.2, -0.15) is 0 Å². The standard InChI is InChI=1S/C26H32N4/c1-3-5-11-27-13-15-29(21-27)19-23-7-9-25-10-8-24(18-26(25)17-23)20-30-16-14-28(22-30)12-6-4-2/h7-10,13-18H,3-6,11-12,19-20H2,1-2H3. The van der Waals surface area contributed by atoms with Gasteiger partial charge in [0.15, 0.2) is 0 Å². The summed E-state index contributed by atoms with van der Waals surface area (Å²) in [7, 11) is 0. The lowest BCUT2D eigenvalue weighted by Gasteiger charge is -2.07. The van der Waals surface area contributed by atoms with E-state index in [9.17, 15) is 0 Å². The van der Waals surface area contributed by atoms with E-state index in [2.05, 4.69) is 106 Å². The van der Waals surface area contributed by atoms with E-state index in [0.717, 1.165) is 26.2 Å². The molecule has 0 amide bonds. The van der Waals surface area contributed by atoms with E-state index in [4.69, 9.17) is 0 Å². The number of nitrogens with zero attached hydrogens (tertiary/aromatic N) is 4. The molecule has 0 saturated heterocycles. The summed E-state index contributed by atoms with van der Waals surface area (Å²) in [5.74, 6) is 0. The van der Waals surface area contributed by atoms with E-state index >= 15 is 0 Å². The number of imidazole rings is 2. The van der Waals surface area contributed by atoms with Gasteiger partial charge in [0.1, 0.15) is 0 Å². The van der Waals surface area contributed by atoms with Gasteiger partial charge in [0.2, 0.25) is 12.7 Å². The maximum Gasteiger partial charge on any atom is 0.204 e. The maximum absolute atomic E-state index is 3.43. The molecule has 0 fully saturated rings. The molecule has 4 rings (SSSR count). The summed E-state index contributed by atoms with van der Waals surface area (Å²) in [4.78, 5) is 0. The van der Waals surface area contributed by atoms with Crippen molar-refractivity contribution in [3.8, 4) is 0 Å². The fourth-order valence-corrected chi connectivity index (χ4v) is 3.80. The van der Waals surface area contributed by atoms with Crippen molar-refractivity contribution in [1.29, 1.82) is 0 Å². The molecule has 0 spiro atoms. The monoisotopic (exact) mass is 400 g/mol. The number of aryl methyl sites for hydroxylation is 2. The van der Waals surface area contributed by atoms with Crippen LogP contribution in [0.3, 0.4) is 0 Å². The lowest BCUT2D eigenvalue weighted by molar-refractivity contribution is -0.700. The molecule has 4 aromatic rings. The van der Waals surface area contributed by atoms with Crippen LogP contribution in [0.4, 0.5) is 0 Å². The maximum atomic E-state index is 3.43. The molecule has 2 heterocycles. The van der Waals surface area contributed by atoms with E-state index in [-0.39, 0.29) is 0 Å². The molecule has 4 nitrogen and oxygen atoms in total. The molecule has 0 bridgehead atoms. The summed E-state index contributed by atoms with van der Waals surface area (Å²) in [5, 5.41) is 2.58. The van der Waals surface area contributed by atoms with Crippen LogP contribution < -0.4 is 9.13 Å². The first-order valence-electron chi connectivity index (χ1n) is 11.2. The zero-order chi connectivity index (χ0) is 20.8. The Morgan fingerprint density at radius 1 is 0.767 bits per heavy atom. The average molecular weight is 401 g/mol. The van der Waals surface area contributed by atoms with Crippen molar-refractivity contribution in [2.75, 3.05) is 0 Å². The number of rotatable bonds is 10. The summed E-state index contributed by atoms with van der Waals surface area (Å²) in [6, 6.07) is 13.5. The Kier molecular flexibility index (Phi) is 6.63. The van der Waals surface area contributed by atoms with E-state index in [1.165, 1.54) is 47.6 Å². The third-order valence-corrected chi connectivity index (χ3v) is 5.55. The first-order valence-corrected chi connectivity index (χ1v) is 11.2. The smallest absolute Gasteiger partial charge is 0.204 e. The summed E-state index contributed by atoms with van der Waals surface area (Å²) in [6.45, 7) is 8.22. The highest BCUT2D eigenvalue weighted by atomic mass is 15.1. The number of hydrogen-bond donors (Lipinski definition) is 0. The second-order valence-corrected chi connectivity index (χ2v) is 8.16. The van der Waals surface area contributed by atoms with Crippen molar-refractivity contribution in [1.82, 2.24) is 9.13 Å². The van der Waals surface area contributed by atoms with Crippen LogP contribution in [-0.2, 0) is 26.2 Å². The minimum atomic E-state index is 0.849. The van der Waals surface area contributed by atoms with Crippen molar-refractivity contribution in [3.63, 3.8) is 0 Å². The van der Waals surface area contributed by atoms with Gasteiger partial charge in [-0.1, -0.05) is 51.0 Å². The molecule has 0 N–H and O–H groups in total. The van der Waals surface area contributed by atoms with E-state index < -0.39 is 0 Å². The van der Waals surface area contributed by atoms with Crippen molar-refractivity contribution in [3.05, 3.63) is 85.0 Å². The lowest BCUT2D eigenvalue weighted by Crippen LogP contribution is -2.32. The summed E-state index contributed by atoms with van der Waals surface area (Å²) in [6.07, 6.45) is 20.1. The SMILES string of the molecule is CCCCn1[c-][n+](Cc2ccc3ccc(Cn4[c-][n+](CCCC)cc4)cc3c2)cc1. The highest BCUT2D eigenvalue weighted by Gasteiger charge is 2.04. The fraction of sp³-hybridized carbons (Fsp3) is 0.385. The molecule has 0 atom stereocenters. The van der Waals surface area contributed by atoms with Gasteiger partial charge in [0.25, 0.3) is 0 Å². The van der Waals surface area contributed by atoms with Gasteiger partial charge >= 0.3 is 0 Å². The van der Waals surface area contributed by atoms with Gasteiger partial charge in [-0.25, -0.2) is 0 Å². The molecule has 30 heavy (non-hydrogen) atoms. The van der Waals surface area contributed by atoms with Crippen LogP contribution in [0.1, 0.15) is 50.7 Å². The third-order valence-electron chi connectivity index (χ3n) is 5.55. The van der Waals surface area contributed by atoms with Gasteiger partial charge in [0.05, 0.1) is 26.2 Å². The molecule has 4 heteroatoms. The van der Waals surface area contributed by atoms with Crippen LogP contribution >= 0.6 is 0 Å². The topological polar surface area (TPSA) is 17.6 Å². The van der Waals surface area contributed by atoms with Crippen LogP contribution in [-0.4, -0.2) is 9.13 Å². The van der Waals surface area contributed by atoms with Gasteiger partial charge in [-0.05, 0) is 71.7 Å². The van der Waals surface area contributed by atoms with Gasteiger partial charge < -0.3 is 18.3 Å². The number of aromatic nitrogens is 4. The molecule has 0 saturated carbocycles. The molecular weight excluding hydrogens is 368 g/mol. The van der Waals surface area contributed by atoms with Crippen LogP contribution in [0.5, 0.6) is 0 Å². The van der Waals surface area contributed by atoms with Gasteiger partial charge in [0, 0.05) is 0 Å². The third kappa shape index (κ3) is 5.18. The first kappa shape index (κ1) is 20.4. The Morgan fingerprint density at radius 3 is 2.30 bits per heavy atom. The predicted octanol–water partition coefficient (Wildman–Crippen LogP) is 4.31. The van der Waals surface area contributed by atoms with Gasteiger partial charge in [-0.3, -0.25) is 0 Å². The minimum Gasteiger partial charge on any atom is -0.351 e. The predicted molar refractivity (Wildman–Crippen MR) is 119 cm³/mol. The van der Waals surface area contributed by atoms with Crippen molar-refractivity contribution < 1.29 is 9.13 Å². The summed E-state index contributed by atoms with van der Waals surface area (Å²) >= 11 is 0. The molecule has 0 aliphatic carbocycles.